The summed E-state index contributed by atoms with van der Waals surface area (Å²) in [4.78, 5) is 0. The van der Waals surface area contributed by atoms with Crippen molar-refractivity contribution in [1.29, 1.82) is 0 Å². The van der Waals surface area contributed by atoms with Crippen LogP contribution in [0.25, 0.3) is 0 Å². The summed E-state index contributed by atoms with van der Waals surface area (Å²) in [6.45, 7) is 12.8. The van der Waals surface area contributed by atoms with Crippen molar-refractivity contribution < 1.29 is 5.11 Å². The highest BCUT2D eigenvalue weighted by Crippen LogP contribution is 2.71. The lowest BCUT2D eigenvalue weighted by Gasteiger charge is -2.16. The van der Waals surface area contributed by atoms with E-state index in [9.17, 15) is 5.11 Å². The molecule has 0 amide bonds. The Morgan fingerprint density at radius 2 is 1.42 bits per heavy atom. The molecule has 1 aliphatic rings. The van der Waals surface area contributed by atoms with Crippen molar-refractivity contribution >= 4 is 11.8 Å². The Labute approximate surface area is 79.9 Å². The van der Waals surface area contributed by atoms with E-state index in [4.69, 9.17) is 0 Å². The van der Waals surface area contributed by atoms with E-state index in [1.165, 1.54) is 0 Å². The van der Waals surface area contributed by atoms with Gasteiger partial charge >= 0.3 is 0 Å². The second-order valence-electron chi connectivity index (χ2n) is 4.90. The van der Waals surface area contributed by atoms with Crippen molar-refractivity contribution in [2.24, 2.45) is 5.41 Å². The van der Waals surface area contributed by atoms with Crippen molar-refractivity contribution in [3.05, 3.63) is 0 Å². The summed E-state index contributed by atoms with van der Waals surface area (Å²) in [6, 6.07) is 0. The average Bonchev–Trinajstić information content (AvgIpc) is 2.08. The van der Waals surface area contributed by atoms with Gasteiger partial charge in [-0.2, -0.15) is 0 Å². The van der Waals surface area contributed by atoms with Crippen LogP contribution in [0, 0.1) is 5.41 Å². The van der Waals surface area contributed by atoms with E-state index in [2.05, 4.69) is 34.6 Å². The highest BCUT2D eigenvalue weighted by atomic mass is 32.2. The van der Waals surface area contributed by atoms with E-state index in [0.29, 0.717) is 5.25 Å². The van der Waals surface area contributed by atoms with E-state index >= 15 is 0 Å². The van der Waals surface area contributed by atoms with E-state index in [0.717, 1.165) is 0 Å². The van der Waals surface area contributed by atoms with Gasteiger partial charge in [-0.1, -0.05) is 27.7 Å². The molecule has 0 saturated heterocycles. The lowest BCUT2D eigenvalue weighted by atomic mass is 10.1. The third-order valence-electron chi connectivity index (χ3n) is 3.75. The third-order valence-corrected chi connectivity index (χ3v) is 5.60. The minimum absolute atomic E-state index is 0.0359. The van der Waals surface area contributed by atoms with Gasteiger partial charge in [0.1, 0.15) is 0 Å². The predicted octanol–water partition coefficient (Wildman–Crippen LogP) is 2.68. The molecule has 0 spiro atoms. The standard InChI is InChI=1S/C10H20OS/c1-7(2)12-10(6)8(3,4)9(10,5)11/h7,11H,1-6H3. The van der Waals surface area contributed by atoms with Gasteiger partial charge in [0.15, 0.2) is 0 Å². The van der Waals surface area contributed by atoms with Gasteiger partial charge in [0.2, 0.25) is 0 Å². The third kappa shape index (κ3) is 0.973. The van der Waals surface area contributed by atoms with Gasteiger partial charge in [-0.25, -0.2) is 0 Å². The lowest BCUT2D eigenvalue weighted by Crippen LogP contribution is -2.17. The number of hydrogen-bond donors (Lipinski definition) is 1. The molecule has 72 valence electrons. The predicted molar refractivity (Wildman–Crippen MR) is 55.5 cm³/mol. The van der Waals surface area contributed by atoms with E-state index < -0.39 is 5.60 Å². The van der Waals surface area contributed by atoms with Crippen molar-refractivity contribution in [2.75, 3.05) is 0 Å². The average molecular weight is 188 g/mol. The molecular formula is C10H20OS. The first-order valence-electron chi connectivity index (χ1n) is 4.57. The maximum absolute atomic E-state index is 10.1. The molecule has 0 radical (unpaired) electrons. The fourth-order valence-corrected chi connectivity index (χ4v) is 3.88. The first-order chi connectivity index (χ1) is 5.17. The Morgan fingerprint density at radius 3 is 1.50 bits per heavy atom. The Bertz CT molecular complexity index is 180. The molecule has 0 heterocycles. The van der Waals surface area contributed by atoms with Gasteiger partial charge < -0.3 is 5.11 Å². The molecule has 1 N–H and O–H groups in total. The van der Waals surface area contributed by atoms with Crippen LogP contribution in [0.1, 0.15) is 41.5 Å². The molecule has 1 nitrogen and oxygen atoms in total. The summed E-state index contributed by atoms with van der Waals surface area (Å²) >= 11 is 1.89. The van der Waals surface area contributed by atoms with Crippen LogP contribution in [-0.4, -0.2) is 20.7 Å². The minimum atomic E-state index is -0.505. The molecule has 1 rings (SSSR count). The van der Waals surface area contributed by atoms with E-state index in [-0.39, 0.29) is 10.2 Å². The maximum Gasteiger partial charge on any atom is 0.0834 e. The molecule has 12 heavy (non-hydrogen) atoms. The number of thioether (sulfide) groups is 1. The second-order valence-corrected chi connectivity index (χ2v) is 6.89. The normalized spacial score (nSPS) is 45.0. The quantitative estimate of drug-likeness (QED) is 0.719. The first kappa shape index (κ1) is 10.4. The highest BCUT2D eigenvalue weighted by molar-refractivity contribution is 8.01. The maximum atomic E-state index is 10.1. The fourth-order valence-electron chi connectivity index (χ4n) is 2.01. The topological polar surface area (TPSA) is 20.2 Å². The van der Waals surface area contributed by atoms with E-state index in [1.807, 2.05) is 18.7 Å². The van der Waals surface area contributed by atoms with Crippen LogP contribution in [-0.2, 0) is 0 Å². The summed E-state index contributed by atoms with van der Waals surface area (Å²) < 4.78 is 0.0359. The summed E-state index contributed by atoms with van der Waals surface area (Å²) in [5.74, 6) is 0. The van der Waals surface area contributed by atoms with Gasteiger partial charge in [0.05, 0.1) is 10.3 Å². The smallest absolute Gasteiger partial charge is 0.0834 e. The number of aliphatic hydroxyl groups is 1. The second kappa shape index (κ2) is 2.42. The molecule has 0 aromatic rings. The molecule has 1 aliphatic carbocycles. The molecule has 0 bridgehead atoms. The van der Waals surface area contributed by atoms with Crippen LogP contribution in [0.5, 0.6) is 0 Å². The Morgan fingerprint density at radius 1 is 1.08 bits per heavy atom. The van der Waals surface area contributed by atoms with Gasteiger partial charge in [-0.05, 0) is 19.1 Å². The fraction of sp³-hybridized carbons (Fsp3) is 1.00. The van der Waals surface area contributed by atoms with Crippen LogP contribution in [0.4, 0.5) is 0 Å². The largest absolute Gasteiger partial charge is 0.388 e. The van der Waals surface area contributed by atoms with Crippen molar-refractivity contribution in [3.63, 3.8) is 0 Å². The van der Waals surface area contributed by atoms with Crippen LogP contribution < -0.4 is 0 Å². The van der Waals surface area contributed by atoms with Gasteiger partial charge in [0, 0.05) is 5.41 Å². The van der Waals surface area contributed by atoms with Gasteiger partial charge in [0.25, 0.3) is 0 Å². The molecule has 0 aliphatic heterocycles. The number of hydrogen-bond acceptors (Lipinski definition) is 2. The SMILES string of the molecule is CC(C)SC1(C)C(C)(C)C1(C)O. The summed E-state index contributed by atoms with van der Waals surface area (Å²) in [5, 5.41) is 10.7. The Hall–Kier alpha value is 0.310. The molecule has 1 fully saturated rings. The van der Waals surface area contributed by atoms with Crippen LogP contribution in [0.3, 0.4) is 0 Å². The van der Waals surface area contributed by atoms with E-state index in [1.54, 1.807) is 0 Å². The van der Waals surface area contributed by atoms with Crippen LogP contribution in [0.2, 0.25) is 0 Å². The van der Waals surface area contributed by atoms with Crippen molar-refractivity contribution in [2.45, 2.75) is 57.1 Å². The monoisotopic (exact) mass is 188 g/mol. The summed E-state index contributed by atoms with van der Waals surface area (Å²) in [7, 11) is 0. The minimum Gasteiger partial charge on any atom is -0.388 e. The Balaban J connectivity index is 2.78. The summed E-state index contributed by atoms with van der Waals surface area (Å²) in [5.41, 5.74) is -0.454. The molecule has 1 saturated carbocycles. The lowest BCUT2D eigenvalue weighted by molar-refractivity contribution is 0.125. The van der Waals surface area contributed by atoms with Gasteiger partial charge in [-0.15, -0.1) is 11.8 Å². The van der Waals surface area contributed by atoms with Crippen molar-refractivity contribution in [1.82, 2.24) is 0 Å². The zero-order chi connectivity index (χ0) is 9.78. The molecule has 2 heteroatoms. The summed E-state index contributed by atoms with van der Waals surface area (Å²) in [6.07, 6.45) is 0. The first-order valence-corrected chi connectivity index (χ1v) is 5.45. The van der Waals surface area contributed by atoms with Crippen LogP contribution in [0.15, 0.2) is 0 Å². The van der Waals surface area contributed by atoms with Gasteiger partial charge in [-0.3, -0.25) is 0 Å². The number of rotatable bonds is 2. The zero-order valence-electron chi connectivity index (χ0n) is 8.93. The molecule has 2 unspecified atom stereocenters. The highest BCUT2D eigenvalue weighted by Gasteiger charge is 2.77. The molecular weight excluding hydrogens is 168 g/mol. The Kier molecular flexibility index (Phi) is 2.09. The zero-order valence-corrected chi connectivity index (χ0v) is 9.75. The molecule has 0 aromatic carbocycles. The van der Waals surface area contributed by atoms with Crippen molar-refractivity contribution in [3.8, 4) is 0 Å². The van der Waals surface area contributed by atoms with Crippen LogP contribution >= 0.6 is 11.8 Å². The molecule has 2 atom stereocenters. The molecule has 0 aromatic heterocycles.